The van der Waals surface area contributed by atoms with E-state index in [-0.39, 0.29) is 29.4 Å². The highest BCUT2D eigenvalue weighted by molar-refractivity contribution is 6.31. The topological polar surface area (TPSA) is 111 Å². The van der Waals surface area contributed by atoms with Crippen molar-refractivity contribution in [2.24, 2.45) is 0 Å². The SMILES string of the molecule is Cc1ccc(N2NC(=O)/C(=C/c3cc4c(cc3[N+](=O)[O-])OCO4)C2=O)cc1C. The molecule has 2 aromatic rings. The van der Waals surface area contributed by atoms with Gasteiger partial charge in [0.25, 0.3) is 17.5 Å². The second-order valence-electron chi connectivity index (χ2n) is 6.43. The van der Waals surface area contributed by atoms with Crippen LogP contribution in [0.15, 0.2) is 35.9 Å². The van der Waals surface area contributed by atoms with Crippen molar-refractivity contribution in [3.8, 4) is 11.5 Å². The number of hydrogen-bond donors (Lipinski definition) is 1. The van der Waals surface area contributed by atoms with Gasteiger partial charge in [-0.3, -0.25) is 25.1 Å². The number of nitrogens with one attached hydrogen (secondary N) is 1. The lowest BCUT2D eigenvalue weighted by atomic mass is 10.1. The first-order valence-corrected chi connectivity index (χ1v) is 8.37. The molecule has 2 aliphatic rings. The molecule has 0 radical (unpaired) electrons. The van der Waals surface area contributed by atoms with E-state index in [0.717, 1.165) is 16.1 Å². The van der Waals surface area contributed by atoms with Crippen LogP contribution in [0.5, 0.6) is 11.5 Å². The molecule has 142 valence electrons. The van der Waals surface area contributed by atoms with E-state index < -0.39 is 16.7 Å². The molecule has 1 N–H and O–H groups in total. The van der Waals surface area contributed by atoms with Crippen LogP contribution in [0.1, 0.15) is 16.7 Å². The predicted octanol–water partition coefficient (Wildman–Crippen LogP) is 2.40. The average molecular weight is 381 g/mol. The molecule has 2 heterocycles. The summed E-state index contributed by atoms with van der Waals surface area (Å²) in [4.78, 5) is 35.9. The molecule has 0 atom stereocenters. The molecule has 1 fully saturated rings. The Morgan fingerprint density at radius 3 is 2.50 bits per heavy atom. The highest BCUT2D eigenvalue weighted by atomic mass is 16.7. The summed E-state index contributed by atoms with van der Waals surface area (Å²) in [5.74, 6) is -0.683. The van der Waals surface area contributed by atoms with Crippen LogP contribution in [0.25, 0.3) is 6.08 Å². The van der Waals surface area contributed by atoms with Crippen molar-refractivity contribution in [1.82, 2.24) is 5.43 Å². The Morgan fingerprint density at radius 1 is 1.11 bits per heavy atom. The van der Waals surface area contributed by atoms with Crippen LogP contribution >= 0.6 is 0 Å². The van der Waals surface area contributed by atoms with Gasteiger partial charge in [0.15, 0.2) is 11.5 Å². The Labute approximate surface area is 159 Å². The van der Waals surface area contributed by atoms with Crippen molar-refractivity contribution in [2.45, 2.75) is 13.8 Å². The van der Waals surface area contributed by atoms with Crippen LogP contribution in [-0.2, 0) is 9.59 Å². The number of carbonyl (C=O) groups is 2. The third-order valence-electron chi connectivity index (χ3n) is 4.66. The fourth-order valence-electron chi connectivity index (χ4n) is 2.98. The standard InChI is InChI=1S/C19H15N3O6/c1-10-3-4-13(5-11(10)2)21-19(24)14(18(23)20-21)6-12-7-16-17(28-9-27-16)8-15(12)22(25)26/h3-8H,9H2,1-2H3,(H,20,23)/b14-6-. The summed E-state index contributed by atoms with van der Waals surface area (Å²) >= 11 is 0. The number of anilines is 1. The molecule has 9 heteroatoms. The lowest BCUT2D eigenvalue weighted by Gasteiger charge is -2.15. The minimum atomic E-state index is -0.643. The summed E-state index contributed by atoms with van der Waals surface area (Å²) in [6.45, 7) is 3.79. The zero-order valence-electron chi connectivity index (χ0n) is 15.0. The van der Waals surface area contributed by atoms with Gasteiger partial charge in [0.05, 0.1) is 22.2 Å². The molecule has 2 aromatic carbocycles. The summed E-state index contributed by atoms with van der Waals surface area (Å²) in [6.07, 6.45) is 1.19. The Kier molecular flexibility index (Phi) is 3.99. The molecule has 0 unspecified atom stereocenters. The van der Waals surface area contributed by atoms with Crippen molar-refractivity contribution >= 4 is 29.3 Å². The largest absolute Gasteiger partial charge is 0.454 e. The maximum atomic E-state index is 12.8. The van der Waals surface area contributed by atoms with Crippen molar-refractivity contribution in [2.75, 3.05) is 11.8 Å². The smallest absolute Gasteiger partial charge is 0.282 e. The molecular formula is C19H15N3O6. The number of hydrogen-bond acceptors (Lipinski definition) is 6. The van der Waals surface area contributed by atoms with Crippen molar-refractivity contribution in [1.29, 1.82) is 0 Å². The molecule has 9 nitrogen and oxygen atoms in total. The Balaban J connectivity index is 1.74. The lowest BCUT2D eigenvalue weighted by molar-refractivity contribution is -0.385. The number of nitrogens with zero attached hydrogens (tertiary/aromatic N) is 2. The quantitative estimate of drug-likeness (QED) is 0.378. The Hall–Kier alpha value is -3.88. The number of hydrazine groups is 1. The molecule has 2 amide bonds. The summed E-state index contributed by atoms with van der Waals surface area (Å²) in [6, 6.07) is 7.93. The molecule has 0 aliphatic carbocycles. The molecule has 1 saturated heterocycles. The normalized spacial score (nSPS) is 16.6. The van der Waals surface area contributed by atoms with E-state index in [1.54, 1.807) is 12.1 Å². The molecule has 0 aromatic heterocycles. The molecular weight excluding hydrogens is 366 g/mol. The molecule has 0 saturated carbocycles. The summed E-state index contributed by atoms with van der Waals surface area (Å²) in [5, 5.41) is 12.5. The zero-order chi connectivity index (χ0) is 20.0. The van der Waals surface area contributed by atoms with Crippen LogP contribution in [0, 0.1) is 24.0 Å². The highest BCUT2D eigenvalue weighted by Gasteiger charge is 2.35. The van der Waals surface area contributed by atoms with Gasteiger partial charge in [-0.25, -0.2) is 5.01 Å². The fraction of sp³-hybridized carbons (Fsp3) is 0.158. The van der Waals surface area contributed by atoms with Gasteiger partial charge < -0.3 is 9.47 Å². The highest BCUT2D eigenvalue weighted by Crippen LogP contribution is 2.39. The van der Waals surface area contributed by atoms with E-state index >= 15 is 0 Å². The lowest BCUT2D eigenvalue weighted by Crippen LogP contribution is -2.35. The number of benzene rings is 2. The minimum Gasteiger partial charge on any atom is -0.454 e. The van der Waals surface area contributed by atoms with Crippen LogP contribution in [0.2, 0.25) is 0 Å². The van der Waals surface area contributed by atoms with Crippen molar-refractivity contribution < 1.29 is 24.0 Å². The van der Waals surface area contributed by atoms with Gasteiger partial charge in [0, 0.05) is 0 Å². The van der Waals surface area contributed by atoms with Gasteiger partial charge in [-0.1, -0.05) is 6.07 Å². The maximum absolute atomic E-state index is 12.8. The number of nitro groups is 1. The number of fused-ring (bicyclic) bond motifs is 1. The van der Waals surface area contributed by atoms with Gasteiger partial charge in [-0.05, 0) is 49.2 Å². The van der Waals surface area contributed by atoms with E-state index in [1.165, 1.54) is 18.2 Å². The third kappa shape index (κ3) is 2.82. The third-order valence-corrected chi connectivity index (χ3v) is 4.66. The molecule has 2 aliphatic heterocycles. The first-order valence-electron chi connectivity index (χ1n) is 8.37. The van der Waals surface area contributed by atoms with Gasteiger partial charge in [0.2, 0.25) is 6.79 Å². The molecule has 0 bridgehead atoms. The van der Waals surface area contributed by atoms with E-state index in [4.69, 9.17) is 9.47 Å². The van der Waals surface area contributed by atoms with E-state index in [9.17, 15) is 19.7 Å². The number of aryl methyl sites for hydroxylation is 2. The first-order chi connectivity index (χ1) is 13.3. The van der Waals surface area contributed by atoms with Gasteiger partial charge in [0.1, 0.15) is 5.57 Å². The average Bonchev–Trinajstić information content (AvgIpc) is 3.22. The minimum absolute atomic E-state index is 0.0491. The number of rotatable bonds is 3. The Bertz CT molecular complexity index is 1080. The predicted molar refractivity (Wildman–Crippen MR) is 98.7 cm³/mol. The summed E-state index contributed by atoms with van der Waals surface area (Å²) < 4.78 is 10.4. The van der Waals surface area contributed by atoms with Gasteiger partial charge >= 0.3 is 0 Å². The van der Waals surface area contributed by atoms with E-state index in [0.29, 0.717) is 11.4 Å². The van der Waals surface area contributed by atoms with Crippen LogP contribution in [-0.4, -0.2) is 23.5 Å². The second kappa shape index (κ2) is 6.38. The Morgan fingerprint density at radius 2 is 1.82 bits per heavy atom. The monoisotopic (exact) mass is 381 g/mol. The number of nitro benzene ring substituents is 1. The summed E-state index contributed by atoms with van der Waals surface area (Å²) in [7, 11) is 0. The van der Waals surface area contributed by atoms with E-state index in [2.05, 4.69) is 5.43 Å². The summed E-state index contributed by atoms with van der Waals surface area (Å²) in [5.41, 5.74) is 4.58. The van der Waals surface area contributed by atoms with Crippen LogP contribution in [0.3, 0.4) is 0 Å². The van der Waals surface area contributed by atoms with Crippen molar-refractivity contribution in [3.63, 3.8) is 0 Å². The first kappa shape index (κ1) is 17.5. The van der Waals surface area contributed by atoms with Gasteiger partial charge in [-0.2, -0.15) is 0 Å². The zero-order valence-corrected chi connectivity index (χ0v) is 15.0. The van der Waals surface area contributed by atoms with Gasteiger partial charge in [-0.15, -0.1) is 0 Å². The van der Waals surface area contributed by atoms with Crippen LogP contribution < -0.4 is 19.9 Å². The number of ether oxygens (including phenoxy) is 2. The number of carbonyl (C=O) groups excluding carboxylic acids is 2. The van der Waals surface area contributed by atoms with Crippen molar-refractivity contribution in [3.05, 3.63) is 62.7 Å². The van der Waals surface area contributed by atoms with E-state index in [1.807, 2.05) is 19.9 Å². The maximum Gasteiger partial charge on any atom is 0.282 e. The number of amides is 2. The molecule has 28 heavy (non-hydrogen) atoms. The second-order valence-corrected chi connectivity index (χ2v) is 6.43. The fourth-order valence-corrected chi connectivity index (χ4v) is 2.98. The van der Waals surface area contributed by atoms with Crippen LogP contribution in [0.4, 0.5) is 11.4 Å². The molecule has 4 rings (SSSR count). The molecule has 0 spiro atoms.